The van der Waals surface area contributed by atoms with Crippen molar-refractivity contribution in [2.24, 2.45) is 5.41 Å². The molecule has 25 heavy (non-hydrogen) atoms. The number of hydrogen-bond donors (Lipinski definition) is 1. The number of carbonyl (C=O) groups is 3. The van der Waals surface area contributed by atoms with Crippen molar-refractivity contribution in [3.63, 3.8) is 0 Å². The summed E-state index contributed by atoms with van der Waals surface area (Å²) in [6.45, 7) is -0.329. The number of nitrogens with zero attached hydrogens (tertiary/aromatic N) is 2. The van der Waals surface area contributed by atoms with E-state index >= 15 is 0 Å². The molecule has 8 heteroatoms. The maximum absolute atomic E-state index is 12.3. The molecule has 0 atom stereocenters. The number of nitro groups is 1. The number of likely N-dealkylation sites (tertiary alicyclic amines) is 1. The summed E-state index contributed by atoms with van der Waals surface area (Å²) in [6, 6.07) is 5.36. The van der Waals surface area contributed by atoms with Crippen molar-refractivity contribution in [1.82, 2.24) is 4.90 Å². The molecule has 8 nitrogen and oxygen atoms in total. The zero-order chi connectivity index (χ0) is 18.0. The number of imide groups is 1. The first-order valence-corrected chi connectivity index (χ1v) is 8.26. The summed E-state index contributed by atoms with van der Waals surface area (Å²) in [6.07, 6.45) is 4.52. The van der Waals surface area contributed by atoms with Crippen molar-refractivity contribution >= 4 is 29.1 Å². The summed E-state index contributed by atoms with van der Waals surface area (Å²) in [7, 11) is 0. The molecule has 1 aliphatic carbocycles. The van der Waals surface area contributed by atoms with Crippen LogP contribution >= 0.6 is 0 Å². The average Bonchev–Trinajstić information content (AvgIpc) is 2.99. The summed E-state index contributed by atoms with van der Waals surface area (Å²) >= 11 is 0. The van der Waals surface area contributed by atoms with E-state index in [9.17, 15) is 24.5 Å². The monoisotopic (exact) mass is 345 g/mol. The summed E-state index contributed by atoms with van der Waals surface area (Å²) in [5, 5.41) is 13.2. The molecule has 1 aromatic carbocycles. The van der Waals surface area contributed by atoms with Crippen LogP contribution in [0.3, 0.4) is 0 Å². The second-order valence-corrected chi connectivity index (χ2v) is 6.79. The topological polar surface area (TPSA) is 110 Å². The van der Waals surface area contributed by atoms with Crippen LogP contribution in [0.1, 0.15) is 38.5 Å². The molecule has 1 heterocycles. The molecule has 1 saturated heterocycles. The van der Waals surface area contributed by atoms with E-state index in [1.165, 1.54) is 24.3 Å². The number of hydrogen-bond acceptors (Lipinski definition) is 5. The number of carbonyl (C=O) groups excluding carboxylic acids is 3. The molecule has 0 unspecified atom stereocenters. The Hall–Kier alpha value is -2.77. The molecule has 1 spiro atoms. The third-order valence-corrected chi connectivity index (χ3v) is 4.98. The first-order valence-electron chi connectivity index (χ1n) is 8.26. The summed E-state index contributed by atoms with van der Waals surface area (Å²) < 4.78 is 0. The largest absolute Gasteiger partial charge is 0.325 e. The van der Waals surface area contributed by atoms with Crippen LogP contribution < -0.4 is 5.32 Å². The lowest BCUT2D eigenvalue weighted by Gasteiger charge is -2.36. The van der Waals surface area contributed by atoms with Gasteiger partial charge >= 0.3 is 0 Å². The van der Waals surface area contributed by atoms with Crippen molar-refractivity contribution in [2.45, 2.75) is 38.5 Å². The van der Waals surface area contributed by atoms with Crippen molar-refractivity contribution in [1.29, 1.82) is 0 Å². The van der Waals surface area contributed by atoms with Crippen LogP contribution in [0.5, 0.6) is 0 Å². The SMILES string of the molecule is O=C(CN1C(=O)CC2(CCCC2)CC1=O)Nc1ccc([N+](=O)[O-])cc1. The van der Waals surface area contributed by atoms with Crippen molar-refractivity contribution in [3.8, 4) is 0 Å². The highest BCUT2D eigenvalue weighted by molar-refractivity contribution is 6.03. The van der Waals surface area contributed by atoms with E-state index in [4.69, 9.17) is 0 Å². The second-order valence-electron chi connectivity index (χ2n) is 6.79. The molecule has 2 fully saturated rings. The van der Waals surface area contributed by atoms with Gasteiger partial charge < -0.3 is 5.32 Å². The van der Waals surface area contributed by atoms with Crippen molar-refractivity contribution in [2.75, 3.05) is 11.9 Å². The number of non-ortho nitro benzene ring substituents is 1. The lowest BCUT2D eigenvalue weighted by molar-refractivity contribution is -0.384. The molecule has 0 bridgehead atoms. The minimum Gasteiger partial charge on any atom is -0.325 e. The zero-order valence-corrected chi connectivity index (χ0v) is 13.7. The second kappa shape index (κ2) is 6.62. The number of rotatable bonds is 4. The Morgan fingerprint density at radius 2 is 1.68 bits per heavy atom. The van der Waals surface area contributed by atoms with Crippen LogP contribution in [0.2, 0.25) is 0 Å². The van der Waals surface area contributed by atoms with Crippen LogP contribution in [0.25, 0.3) is 0 Å². The average molecular weight is 345 g/mol. The predicted octanol–water partition coefficient (Wildman–Crippen LogP) is 2.24. The molecule has 1 aliphatic heterocycles. The van der Waals surface area contributed by atoms with E-state index in [1.807, 2.05) is 0 Å². The lowest BCUT2D eigenvalue weighted by atomic mass is 9.76. The molecule has 3 rings (SSSR count). The Morgan fingerprint density at radius 3 is 2.20 bits per heavy atom. The van der Waals surface area contributed by atoms with Crippen LogP contribution in [0, 0.1) is 15.5 Å². The van der Waals surface area contributed by atoms with Gasteiger partial charge in [-0.2, -0.15) is 0 Å². The predicted molar refractivity (Wildman–Crippen MR) is 88.6 cm³/mol. The van der Waals surface area contributed by atoms with Crippen LogP contribution in [-0.4, -0.2) is 34.1 Å². The molecule has 0 aromatic heterocycles. The van der Waals surface area contributed by atoms with Gasteiger partial charge in [0.2, 0.25) is 17.7 Å². The quantitative estimate of drug-likeness (QED) is 0.511. The van der Waals surface area contributed by atoms with E-state index in [0.717, 1.165) is 30.6 Å². The third kappa shape index (κ3) is 3.67. The number of nitro benzene ring substituents is 1. The first-order chi connectivity index (χ1) is 11.9. The lowest BCUT2D eigenvalue weighted by Crippen LogP contribution is -2.49. The minimum absolute atomic E-state index is 0.0822. The Kier molecular flexibility index (Phi) is 4.52. The van der Waals surface area contributed by atoms with E-state index < -0.39 is 10.8 Å². The Labute approximate surface area is 144 Å². The highest BCUT2D eigenvalue weighted by Gasteiger charge is 2.45. The summed E-state index contributed by atoms with van der Waals surface area (Å²) in [4.78, 5) is 47.9. The van der Waals surface area contributed by atoms with Gasteiger partial charge in [-0.05, 0) is 30.4 Å². The Balaban J connectivity index is 1.60. The van der Waals surface area contributed by atoms with Crippen molar-refractivity contribution in [3.05, 3.63) is 34.4 Å². The molecule has 1 N–H and O–H groups in total. The van der Waals surface area contributed by atoms with Crippen molar-refractivity contribution < 1.29 is 19.3 Å². The standard InChI is InChI=1S/C17H19N3O5/c21-14(18-12-3-5-13(6-4-12)20(24)25)11-19-15(22)9-17(10-16(19)23)7-1-2-8-17/h3-6H,1-2,7-11H2,(H,18,21). The number of piperidine rings is 1. The number of benzene rings is 1. The molecule has 1 saturated carbocycles. The normalized spacial score (nSPS) is 19.3. The molecular formula is C17H19N3O5. The fourth-order valence-corrected chi connectivity index (χ4v) is 3.70. The van der Waals surface area contributed by atoms with E-state index in [1.54, 1.807) is 0 Å². The molecule has 0 radical (unpaired) electrons. The Bertz CT molecular complexity index is 702. The highest BCUT2D eigenvalue weighted by Crippen LogP contribution is 2.46. The molecule has 1 aromatic rings. The van der Waals surface area contributed by atoms with Gasteiger partial charge in [-0.25, -0.2) is 0 Å². The first kappa shape index (κ1) is 17.1. The van der Waals surface area contributed by atoms with Crippen LogP contribution in [-0.2, 0) is 14.4 Å². The zero-order valence-electron chi connectivity index (χ0n) is 13.7. The van der Waals surface area contributed by atoms with Gasteiger partial charge in [0.05, 0.1) is 4.92 Å². The van der Waals surface area contributed by atoms with E-state index in [2.05, 4.69) is 5.32 Å². The van der Waals surface area contributed by atoms with Gasteiger partial charge in [0.25, 0.3) is 5.69 Å². The number of anilines is 1. The molecule has 3 amide bonds. The minimum atomic E-state index is -0.532. The summed E-state index contributed by atoms with van der Waals surface area (Å²) in [5.41, 5.74) is 0.0977. The molecular weight excluding hydrogens is 326 g/mol. The van der Waals surface area contributed by atoms with Gasteiger partial charge in [0.1, 0.15) is 6.54 Å². The van der Waals surface area contributed by atoms with Crippen LogP contribution in [0.4, 0.5) is 11.4 Å². The maximum Gasteiger partial charge on any atom is 0.269 e. The number of nitrogens with one attached hydrogen (secondary N) is 1. The molecule has 132 valence electrons. The van der Waals surface area contributed by atoms with Gasteiger partial charge in [0, 0.05) is 30.7 Å². The third-order valence-electron chi connectivity index (χ3n) is 4.98. The summed E-state index contributed by atoms with van der Waals surface area (Å²) in [5.74, 6) is -1.09. The van der Waals surface area contributed by atoms with E-state index in [-0.39, 0.29) is 29.5 Å². The van der Waals surface area contributed by atoms with E-state index in [0.29, 0.717) is 18.5 Å². The Morgan fingerprint density at radius 1 is 1.12 bits per heavy atom. The fourth-order valence-electron chi connectivity index (χ4n) is 3.70. The van der Waals surface area contributed by atoms with Gasteiger partial charge in [-0.15, -0.1) is 0 Å². The molecule has 2 aliphatic rings. The highest BCUT2D eigenvalue weighted by atomic mass is 16.6. The smallest absolute Gasteiger partial charge is 0.269 e. The van der Waals surface area contributed by atoms with Gasteiger partial charge in [-0.1, -0.05) is 12.8 Å². The number of amides is 3. The maximum atomic E-state index is 12.3. The van der Waals surface area contributed by atoms with Gasteiger partial charge in [0.15, 0.2) is 0 Å². The van der Waals surface area contributed by atoms with Crippen LogP contribution in [0.15, 0.2) is 24.3 Å². The van der Waals surface area contributed by atoms with Gasteiger partial charge in [-0.3, -0.25) is 29.4 Å². The fraction of sp³-hybridized carbons (Fsp3) is 0.471.